The Hall–Kier alpha value is -3.67. The lowest BCUT2D eigenvalue weighted by atomic mass is 10.1. The van der Waals surface area contributed by atoms with Gasteiger partial charge in [-0.15, -0.1) is 0 Å². The van der Waals surface area contributed by atoms with Crippen LogP contribution in [0.1, 0.15) is 21.6 Å². The van der Waals surface area contributed by atoms with Crippen LogP contribution in [-0.2, 0) is 6.42 Å². The molecule has 3 heterocycles. The number of aromatic amines is 1. The van der Waals surface area contributed by atoms with Gasteiger partial charge in [0, 0.05) is 48.7 Å². The second-order valence-corrected chi connectivity index (χ2v) is 9.43. The summed E-state index contributed by atoms with van der Waals surface area (Å²) < 4.78 is 36.2. The molecule has 1 aliphatic heterocycles. The lowest BCUT2D eigenvalue weighted by Gasteiger charge is -2.30. The number of halogens is 4. The van der Waals surface area contributed by atoms with E-state index in [2.05, 4.69) is 25.6 Å². The quantitative estimate of drug-likeness (QED) is 0.264. The molecule has 0 aliphatic carbocycles. The van der Waals surface area contributed by atoms with E-state index in [0.717, 1.165) is 6.07 Å². The smallest absolute Gasteiger partial charge is 0.254 e. The van der Waals surface area contributed by atoms with Gasteiger partial charge in [0.25, 0.3) is 5.91 Å². The van der Waals surface area contributed by atoms with Gasteiger partial charge in [-0.2, -0.15) is 0 Å². The highest BCUT2D eigenvalue weighted by Gasteiger charge is 2.27. The van der Waals surface area contributed by atoms with Gasteiger partial charge in [-0.3, -0.25) is 4.79 Å². The van der Waals surface area contributed by atoms with Gasteiger partial charge < -0.3 is 31.0 Å². The summed E-state index contributed by atoms with van der Waals surface area (Å²) in [6.07, 6.45) is 1.55. The second-order valence-electron chi connectivity index (χ2n) is 8.61. The summed E-state index contributed by atoms with van der Waals surface area (Å²) in [5.74, 6) is -2.77. The number of imidazole rings is 1. The number of pyridine rings is 1. The van der Waals surface area contributed by atoms with E-state index in [1.807, 2.05) is 0 Å². The summed E-state index contributed by atoms with van der Waals surface area (Å²) in [4.78, 5) is 25.9. The largest absolute Gasteiger partial charge is 0.492 e. The minimum atomic E-state index is -0.872. The summed E-state index contributed by atoms with van der Waals surface area (Å²) in [6, 6.07) is 6.21. The van der Waals surface area contributed by atoms with Crippen molar-refractivity contribution >= 4 is 57.3 Å². The van der Waals surface area contributed by atoms with E-state index in [1.54, 1.807) is 23.1 Å². The van der Waals surface area contributed by atoms with Crippen LogP contribution in [0.4, 0.5) is 26.0 Å². The molecule has 1 amide bonds. The molecule has 38 heavy (non-hydrogen) atoms. The van der Waals surface area contributed by atoms with Gasteiger partial charge in [-0.25, -0.2) is 18.7 Å². The molecule has 0 saturated carbocycles. The third-order valence-corrected chi connectivity index (χ3v) is 7.05. The molecule has 198 valence electrons. The maximum absolute atomic E-state index is 15.6. The van der Waals surface area contributed by atoms with E-state index in [4.69, 9.17) is 33.7 Å². The Kier molecular flexibility index (Phi) is 7.24. The zero-order valence-corrected chi connectivity index (χ0v) is 21.7. The Morgan fingerprint density at radius 3 is 2.61 bits per heavy atom. The summed E-state index contributed by atoms with van der Waals surface area (Å²) in [6.45, 7) is 2.05. The van der Waals surface area contributed by atoms with Crippen molar-refractivity contribution in [2.75, 3.05) is 43.5 Å². The van der Waals surface area contributed by atoms with Crippen molar-refractivity contribution < 1.29 is 18.3 Å². The molecule has 4 aromatic rings. The van der Waals surface area contributed by atoms with E-state index in [1.165, 1.54) is 13.4 Å². The van der Waals surface area contributed by atoms with Crippen molar-refractivity contribution in [1.82, 2.24) is 20.3 Å². The number of hydrogen-bond donors (Lipinski definition) is 4. The van der Waals surface area contributed by atoms with E-state index in [-0.39, 0.29) is 34.9 Å². The van der Waals surface area contributed by atoms with Crippen LogP contribution in [0.5, 0.6) is 5.75 Å². The van der Waals surface area contributed by atoms with E-state index in [9.17, 15) is 4.79 Å². The number of piperazine rings is 1. The minimum absolute atomic E-state index is 0.0412. The fourth-order valence-corrected chi connectivity index (χ4v) is 5.11. The molecule has 9 nitrogen and oxygen atoms in total. The molecule has 0 radical (unpaired) electrons. The first-order valence-corrected chi connectivity index (χ1v) is 12.4. The number of nitrogens with one attached hydrogen (secondary N) is 3. The molecule has 0 bridgehead atoms. The molecule has 0 atom stereocenters. The molecule has 2 aromatic carbocycles. The Morgan fingerprint density at radius 2 is 1.95 bits per heavy atom. The van der Waals surface area contributed by atoms with E-state index in [0.29, 0.717) is 58.5 Å². The number of carbonyl (C=O) groups is 1. The van der Waals surface area contributed by atoms with Crippen LogP contribution in [0.3, 0.4) is 0 Å². The number of benzene rings is 2. The van der Waals surface area contributed by atoms with E-state index >= 15 is 8.78 Å². The Balaban J connectivity index is 1.63. The molecule has 5 rings (SSSR count). The number of aromatic nitrogens is 3. The number of nitrogens with two attached hydrogens (primary N) is 1. The van der Waals surface area contributed by atoms with Crippen molar-refractivity contribution in [2.24, 2.45) is 5.73 Å². The average Bonchev–Trinajstić information content (AvgIpc) is 3.36. The lowest BCUT2D eigenvalue weighted by molar-refractivity contribution is 0.100. The second kappa shape index (κ2) is 10.6. The zero-order chi connectivity index (χ0) is 27.0. The maximum atomic E-state index is 15.6. The number of methoxy groups -OCH3 is 1. The number of carbonyl (C=O) groups excluding carboxylic acids is 1. The highest BCUT2D eigenvalue weighted by atomic mass is 35.5. The van der Waals surface area contributed by atoms with Crippen LogP contribution < -0.4 is 26.0 Å². The standard InChI is InChI=1S/C25H23Cl2F2N7O2/c1-38-23-17(10-15(28)22(19(23)29)36-7-5-31-6-8-36)35-25-18(24(30)37)21-20(32-11-33-21)16(34-25)9-12-13(26)3-2-4-14(12)27/h2-4,10-11,31H,5-9H2,1H3,(H2,30,37)(H,32,33)(H,34,35). The molecular weight excluding hydrogens is 539 g/mol. The number of anilines is 3. The molecule has 5 N–H and O–H groups in total. The highest BCUT2D eigenvalue weighted by molar-refractivity contribution is 6.36. The van der Waals surface area contributed by atoms with Crippen molar-refractivity contribution in [3.8, 4) is 5.75 Å². The normalized spacial score (nSPS) is 13.7. The van der Waals surface area contributed by atoms with Gasteiger partial charge in [-0.05, 0) is 17.7 Å². The van der Waals surface area contributed by atoms with Gasteiger partial charge in [0.15, 0.2) is 17.4 Å². The first-order chi connectivity index (χ1) is 18.3. The van der Waals surface area contributed by atoms with Crippen LogP contribution in [0.25, 0.3) is 11.0 Å². The number of ether oxygens (including phenoxy) is 1. The van der Waals surface area contributed by atoms with Crippen molar-refractivity contribution in [3.05, 3.63) is 69.1 Å². The summed E-state index contributed by atoms with van der Waals surface area (Å²) in [7, 11) is 1.27. The van der Waals surface area contributed by atoms with Gasteiger partial charge >= 0.3 is 0 Å². The number of nitrogens with zero attached hydrogens (tertiary/aromatic N) is 3. The Labute approximate surface area is 226 Å². The number of amides is 1. The molecule has 1 saturated heterocycles. The van der Waals surface area contributed by atoms with Crippen molar-refractivity contribution in [3.63, 3.8) is 0 Å². The third kappa shape index (κ3) is 4.68. The number of fused-ring (bicyclic) bond motifs is 1. The lowest BCUT2D eigenvalue weighted by Crippen LogP contribution is -2.44. The number of hydrogen-bond acceptors (Lipinski definition) is 7. The highest BCUT2D eigenvalue weighted by Crippen LogP contribution is 2.40. The maximum Gasteiger partial charge on any atom is 0.254 e. The van der Waals surface area contributed by atoms with Gasteiger partial charge in [0.1, 0.15) is 22.6 Å². The molecule has 1 aliphatic rings. The summed E-state index contributed by atoms with van der Waals surface area (Å²) in [5.41, 5.74) is 7.07. The molecule has 2 aromatic heterocycles. The number of H-pyrrole nitrogens is 1. The Bertz CT molecular complexity index is 1520. The van der Waals surface area contributed by atoms with Gasteiger partial charge in [0.05, 0.1) is 30.3 Å². The monoisotopic (exact) mass is 561 g/mol. The number of primary amides is 1. The average molecular weight is 562 g/mol. The van der Waals surface area contributed by atoms with Gasteiger partial charge in [-0.1, -0.05) is 29.3 Å². The summed E-state index contributed by atoms with van der Waals surface area (Å²) >= 11 is 12.7. The predicted molar refractivity (Wildman–Crippen MR) is 143 cm³/mol. The molecule has 13 heteroatoms. The Morgan fingerprint density at radius 1 is 1.24 bits per heavy atom. The molecule has 0 spiro atoms. The van der Waals surface area contributed by atoms with Crippen LogP contribution in [0.15, 0.2) is 30.6 Å². The zero-order valence-electron chi connectivity index (χ0n) is 20.2. The fraction of sp³-hybridized carbons (Fsp3) is 0.240. The third-order valence-electron chi connectivity index (χ3n) is 6.34. The van der Waals surface area contributed by atoms with Crippen LogP contribution in [-0.4, -0.2) is 54.1 Å². The SMILES string of the molecule is COc1c(Nc2nc(Cc3c(Cl)cccc3Cl)c3nc[nH]c3c2C(N)=O)cc(F)c(N2CCNCC2)c1F. The topological polar surface area (TPSA) is 121 Å². The molecule has 1 fully saturated rings. The van der Waals surface area contributed by atoms with Crippen molar-refractivity contribution in [1.29, 1.82) is 0 Å². The predicted octanol–water partition coefficient (Wildman–Crippen LogP) is 4.39. The van der Waals surface area contributed by atoms with Crippen LogP contribution in [0.2, 0.25) is 10.0 Å². The van der Waals surface area contributed by atoms with Gasteiger partial charge in [0.2, 0.25) is 0 Å². The van der Waals surface area contributed by atoms with Crippen molar-refractivity contribution in [2.45, 2.75) is 6.42 Å². The fourth-order valence-electron chi connectivity index (χ4n) is 4.58. The first-order valence-electron chi connectivity index (χ1n) is 11.7. The van der Waals surface area contributed by atoms with Crippen LogP contribution >= 0.6 is 23.2 Å². The first kappa shape index (κ1) is 26.0. The van der Waals surface area contributed by atoms with E-state index < -0.39 is 17.5 Å². The molecule has 0 unspecified atom stereocenters. The van der Waals surface area contributed by atoms with Crippen LogP contribution in [0, 0.1) is 11.6 Å². The summed E-state index contributed by atoms with van der Waals surface area (Å²) in [5, 5.41) is 6.85. The minimum Gasteiger partial charge on any atom is -0.492 e. The number of rotatable bonds is 7. The molecular formula is C25H23Cl2F2N7O2.